The summed E-state index contributed by atoms with van der Waals surface area (Å²) in [5.41, 5.74) is 6.23. The zero-order valence-electron chi connectivity index (χ0n) is 15.9. The number of hydrogen-bond acceptors (Lipinski definition) is 4. The Kier molecular flexibility index (Phi) is 3.95. The van der Waals surface area contributed by atoms with Crippen LogP contribution in [0.2, 0.25) is 0 Å². The fraction of sp³-hybridized carbons (Fsp3) is 0.261. The number of carbonyl (C=O) groups is 1. The average molecular weight is 394 g/mol. The van der Waals surface area contributed by atoms with Crippen LogP contribution in [0.1, 0.15) is 31.0 Å². The van der Waals surface area contributed by atoms with Crippen LogP contribution in [0.15, 0.2) is 47.2 Å². The molecule has 0 unspecified atom stereocenters. The molecule has 144 valence electrons. The van der Waals surface area contributed by atoms with E-state index < -0.39 is 5.41 Å². The quantitative estimate of drug-likeness (QED) is 0.621. The van der Waals surface area contributed by atoms with Gasteiger partial charge in [0.05, 0.1) is 5.41 Å². The standard InChI is InChI=1S/C23H21NO3S.H2/c1-14-3-5-17(10-18(14)19-12-28-11-15(19)2)24-22(25)23(7-8-23)16-4-6-20-21(9-16)27-13-26-20;/h3-6,9-12H,7-8,13H2,1-2H3,(H,24,25);1H. The first-order chi connectivity index (χ1) is 13.6. The Hall–Kier alpha value is -2.79. The number of aryl methyl sites for hydroxylation is 2. The lowest BCUT2D eigenvalue weighted by atomic mass is 9.94. The van der Waals surface area contributed by atoms with Crippen LogP contribution in [0.4, 0.5) is 5.69 Å². The second-order valence-electron chi connectivity index (χ2n) is 7.60. The van der Waals surface area contributed by atoms with Gasteiger partial charge in [-0.1, -0.05) is 12.1 Å². The van der Waals surface area contributed by atoms with Gasteiger partial charge in [0.25, 0.3) is 0 Å². The molecule has 0 atom stereocenters. The average Bonchev–Trinajstić information content (AvgIpc) is 3.18. The molecular weight excluding hydrogens is 370 g/mol. The van der Waals surface area contributed by atoms with E-state index in [4.69, 9.17) is 9.47 Å². The van der Waals surface area contributed by atoms with E-state index in [1.165, 1.54) is 22.3 Å². The first-order valence-corrected chi connectivity index (χ1v) is 10.4. The molecule has 0 saturated heterocycles. The van der Waals surface area contributed by atoms with Gasteiger partial charge in [0.2, 0.25) is 12.7 Å². The molecule has 28 heavy (non-hydrogen) atoms. The zero-order chi connectivity index (χ0) is 19.3. The van der Waals surface area contributed by atoms with Crippen LogP contribution in [0, 0.1) is 13.8 Å². The fourth-order valence-corrected chi connectivity index (χ4v) is 4.69. The number of carbonyl (C=O) groups excluding carboxylic acids is 1. The molecule has 0 bridgehead atoms. The summed E-state index contributed by atoms with van der Waals surface area (Å²) >= 11 is 1.70. The molecule has 5 heteroatoms. The van der Waals surface area contributed by atoms with Crippen LogP contribution < -0.4 is 14.8 Å². The van der Waals surface area contributed by atoms with Gasteiger partial charge >= 0.3 is 0 Å². The molecular formula is C23H23NO3S. The van der Waals surface area contributed by atoms with Crippen molar-refractivity contribution in [3.8, 4) is 22.6 Å². The molecule has 1 fully saturated rings. The Balaban J connectivity index is 0.00000205. The summed E-state index contributed by atoms with van der Waals surface area (Å²) in [6.45, 7) is 4.47. The van der Waals surface area contributed by atoms with Crippen molar-refractivity contribution in [3.63, 3.8) is 0 Å². The summed E-state index contributed by atoms with van der Waals surface area (Å²) in [5.74, 6) is 1.51. The molecule has 2 aromatic carbocycles. The molecule has 4 nitrogen and oxygen atoms in total. The minimum atomic E-state index is -0.468. The molecule has 1 amide bonds. The Morgan fingerprint density at radius 3 is 2.57 bits per heavy atom. The Labute approximate surface area is 169 Å². The van der Waals surface area contributed by atoms with Gasteiger partial charge in [0.15, 0.2) is 11.5 Å². The van der Waals surface area contributed by atoms with Crippen LogP contribution in [0.3, 0.4) is 0 Å². The molecule has 1 aliphatic heterocycles. The molecule has 1 aromatic heterocycles. The number of benzene rings is 2. The van der Waals surface area contributed by atoms with Crippen molar-refractivity contribution in [2.75, 3.05) is 12.1 Å². The van der Waals surface area contributed by atoms with Crippen molar-refractivity contribution in [3.05, 3.63) is 63.8 Å². The molecule has 3 aromatic rings. The summed E-state index contributed by atoms with van der Waals surface area (Å²) in [6.07, 6.45) is 1.70. The highest BCUT2D eigenvalue weighted by atomic mass is 32.1. The summed E-state index contributed by atoms with van der Waals surface area (Å²) in [5, 5.41) is 7.47. The normalized spacial score (nSPS) is 16.1. The lowest BCUT2D eigenvalue weighted by Gasteiger charge is -2.17. The second-order valence-corrected chi connectivity index (χ2v) is 8.35. The Morgan fingerprint density at radius 1 is 1.00 bits per heavy atom. The number of nitrogens with one attached hydrogen (secondary N) is 1. The predicted octanol–water partition coefficient (Wildman–Crippen LogP) is 5.68. The highest BCUT2D eigenvalue weighted by molar-refractivity contribution is 7.08. The minimum Gasteiger partial charge on any atom is -0.454 e. The SMILES string of the molecule is Cc1cscc1-c1cc(NC(=O)C2(c3ccc4c(c3)OCO4)CC2)ccc1C.[HH]. The largest absolute Gasteiger partial charge is 0.454 e. The minimum absolute atomic E-state index is 0. The smallest absolute Gasteiger partial charge is 0.235 e. The van der Waals surface area contributed by atoms with Crippen molar-refractivity contribution in [1.82, 2.24) is 0 Å². The molecule has 1 N–H and O–H groups in total. The van der Waals surface area contributed by atoms with Crippen LogP contribution in [-0.4, -0.2) is 12.7 Å². The van der Waals surface area contributed by atoms with E-state index in [1.807, 2.05) is 24.3 Å². The summed E-state index contributed by atoms with van der Waals surface area (Å²) in [4.78, 5) is 13.2. The maximum Gasteiger partial charge on any atom is 0.235 e. The highest BCUT2D eigenvalue weighted by Crippen LogP contribution is 2.51. The van der Waals surface area contributed by atoms with Crippen molar-refractivity contribution in [2.45, 2.75) is 32.1 Å². The monoisotopic (exact) mass is 393 g/mol. The van der Waals surface area contributed by atoms with Gasteiger partial charge in [0, 0.05) is 7.11 Å². The molecule has 1 aliphatic carbocycles. The third-order valence-electron chi connectivity index (χ3n) is 5.75. The first-order valence-electron chi connectivity index (χ1n) is 9.42. The van der Waals surface area contributed by atoms with Gasteiger partial charge in [-0.05, 0) is 89.5 Å². The van der Waals surface area contributed by atoms with E-state index in [1.54, 1.807) is 11.3 Å². The van der Waals surface area contributed by atoms with Crippen molar-refractivity contribution in [2.24, 2.45) is 0 Å². The Morgan fingerprint density at radius 2 is 1.82 bits per heavy atom. The topological polar surface area (TPSA) is 47.6 Å². The lowest BCUT2D eigenvalue weighted by molar-refractivity contribution is -0.118. The van der Waals surface area contributed by atoms with E-state index in [2.05, 4.69) is 42.1 Å². The maximum atomic E-state index is 13.2. The van der Waals surface area contributed by atoms with E-state index in [0.717, 1.165) is 35.6 Å². The third-order valence-corrected chi connectivity index (χ3v) is 6.61. The van der Waals surface area contributed by atoms with E-state index in [0.29, 0.717) is 0 Å². The molecule has 2 aliphatic rings. The van der Waals surface area contributed by atoms with Crippen LogP contribution in [-0.2, 0) is 10.2 Å². The molecule has 0 spiro atoms. The fourth-order valence-electron chi connectivity index (χ4n) is 3.84. The Bertz CT molecular complexity index is 1090. The second kappa shape index (κ2) is 6.38. The van der Waals surface area contributed by atoms with Crippen molar-refractivity contribution >= 4 is 22.9 Å². The zero-order valence-corrected chi connectivity index (χ0v) is 16.7. The van der Waals surface area contributed by atoms with E-state index >= 15 is 0 Å². The summed E-state index contributed by atoms with van der Waals surface area (Å²) in [7, 11) is 0. The molecule has 2 heterocycles. The number of rotatable bonds is 4. The van der Waals surface area contributed by atoms with E-state index in [-0.39, 0.29) is 14.1 Å². The number of hydrogen-bond donors (Lipinski definition) is 1. The van der Waals surface area contributed by atoms with Gasteiger partial charge < -0.3 is 14.8 Å². The maximum absolute atomic E-state index is 13.2. The van der Waals surface area contributed by atoms with Gasteiger partial charge in [-0.3, -0.25) is 4.79 Å². The number of anilines is 1. The number of ether oxygens (including phenoxy) is 2. The predicted molar refractivity (Wildman–Crippen MR) is 113 cm³/mol. The molecule has 1 saturated carbocycles. The number of thiophene rings is 1. The van der Waals surface area contributed by atoms with Gasteiger partial charge in [0.1, 0.15) is 0 Å². The van der Waals surface area contributed by atoms with Crippen LogP contribution in [0.5, 0.6) is 11.5 Å². The number of amides is 1. The third kappa shape index (κ3) is 2.78. The van der Waals surface area contributed by atoms with Crippen LogP contribution in [0.25, 0.3) is 11.1 Å². The van der Waals surface area contributed by atoms with Gasteiger partial charge in [-0.25, -0.2) is 0 Å². The van der Waals surface area contributed by atoms with E-state index in [9.17, 15) is 4.79 Å². The molecule has 0 radical (unpaired) electrons. The number of fused-ring (bicyclic) bond motifs is 1. The van der Waals surface area contributed by atoms with Gasteiger partial charge in [-0.15, -0.1) is 0 Å². The highest BCUT2D eigenvalue weighted by Gasteiger charge is 2.51. The van der Waals surface area contributed by atoms with Crippen molar-refractivity contribution < 1.29 is 15.7 Å². The summed E-state index contributed by atoms with van der Waals surface area (Å²) in [6, 6.07) is 12.0. The van der Waals surface area contributed by atoms with Gasteiger partial charge in [-0.2, -0.15) is 11.3 Å². The van der Waals surface area contributed by atoms with Crippen molar-refractivity contribution in [1.29, 1.82) is 0 Å². The lowest BCUT2D eigenvalue weighted by Crippen LogP contribution is -2.27. The first kappa shape index (κ1) is 17.3. The van der Waals surface area contributed by atoms with Crippen LogP contribution >= 0.6 is 11.3 Å². The summed E-state index contributed by atoms with van der Waals surface area (Å²) < 4.78 is 10.9. The molecule has 5 rings (SSSR count).